The van der Waals surface area contributed by atoms with Crippen molar-refractivity contribution < 1.29 is 14.6 Å². The SMILES string of the molecule is C=CCc1cc(/C=N\NC(=O)c2ccc(Cl)cc2)cc(OCC)c1O. The van der Waals surface area contributed by atoms with Gasteiger partial charge in [0.1, 0.15) is 0 Å². The Labute approximate surface area is 151 Å². The summed E-state index contributed by atoms with van der Waals surface area (Å²) in [6, 6.07) is 9.92. The Balaban J connectivity index is 2.15. The number of carbonyl (C=O) groups is 1. The zero-order valence-electron chi connectivity index (χ0n) is 13.8. The number of hydrogen-bond donors (Lipinski definition) is 2. The van der Waals surface area contributed by atoms with Gasteiger partial charge in [-0.2, -0.15) is 5.10 Å². The summed E-state index contributed by atoms with van der Waals surface area (Å²) in [5.74, 6) is 0.111. The fourth-order valence-electron chi connectivity index (χ4n) is 2.17. The highest BCUT2D eigenvalue weighted by atomic mass is 35.5. The van der Waals surface area contributed by atoms with Gasteiger partial charge in [0.15, 0.2) is 11.5 Å². The molecule has 2 aromatic rings. The normalized spacial score (nSPS) is 10.6. The number of nitrogens with one attached hydrogen (secondary N) is 1. The molecule has 0 aliphatic rings. The molecule has 0 unspecified atom stereocenters. The predicted octanol–water partition coefficient (Wildman–Crippen LogP) is 3.94. The molecule has 5 nitrogen and oxygen atoms in total. The summed E-state index contributed by atoms with van der Waals surface area (Å²) in [7, 11) is 0. The topological polar surface area (TPSA) is 70.9 Å². The van der Waals surface area contributed by atoms with E-state index in [2.05, 4.69) is 17.1 Å². The minimum absolute atomic E-state index is 0.0871. The molecule has 0 saturated carbocycles. The van der Waals surface area contributed by atoms with E-state index in [0.717, 1.165) is 0 Å². The predicted molar refractivity (Wildman–Crippen MR) is 99.7 cm³/mol. The van der Waals surface area contributed by atoms with Crippen molar-refractivity contribution in [2.24, 2.45) is 5.10 Å². The van der Waals surface area contributed by atoms with Gasteiger partial charge in [-0.25, -0.2) is 5.43 Å². The van der Waals surface area contributed by atoms with Crippen molar-refractivity contribution in [3.8, 4) is 11.5 Å². The van der Waals surface area contributed by atoms with Gasteiger partial charge in [0.25, 0.3) is 5.91 Å². The van der Waals surface area contributed by atoms with Crippen molar-refractivity contribution in [3.05, 3.63) is 70.8 Å². The lowest BCUT2D eigenvalue weighted by molar-refractivity contribution is 0.0955. The van der Waals surface area contributed by atoms with Gasteiger partial charge < -0.3 is 9.84 Å². The Morgan fingerprint density at radius 3 is 2.72 bits per heavy atom. The molecule has 2 rings (SSSR count). The van der Waals surface area contributed by atoms with Crippen LogP contribution in [0.2, 0.25) is 5.02 Å². The molecule has 25 heavy (non-hydrogen) atoms. The fourth-order valence-corrected chi connectivity index (χ4v) is 2.30. The van der Waals surface area contributed by atoms with Crippen LogP contribution in [0, 0.1) is 0 Å². The second-order valence-electron chi connectivity index (χ2n) is 5.16. The Bertz CT molecular complexity index is 786. The first-order valence-electron chi connectivity index (χ1n) is 7.73. The lowest BCUT2D eigenvalue weighted by Gasteiger charge is -2.10. The first-order valence-corrected chi connectivity index (χ1v) is 8.11. The Morgan fingerprint density at radius 2 is 2.08 bits per heavy atom. The number of phenols is 1. The molecule has 6 heteroatoms. The second kappa shape index (κ2) is 8.89. The van der Waals surface area contributed by atoms with Gasteiger partial charge in [-0.05, 0) is 55.3 Å². The van der Waals surface area contributed by atoms with Crippen LogP contribution in [0.4, 0.5) is 0 Å². The summed E-state index contributed by atoms with van der Waals surface area (Å²) in [5.41, 5.74) is 4.26. The molecule has 2 aromatic carbocycles. The highest BCUT2D eigenvalue weighted by Crippen LogP contribution is 2.31. The van der Waals surface area contributed by atoms with Crippen LogP contribution in [0.15, 0.2) is 54.2 Å². The zero-order valence-corrected chi connectivity index (χ0v) is 14.6. The Kier molecular flexibility index (Phi) is 6.60. The zero-order chi connectivity index (χ0) is 18.2. The maximum absolute atomic E-state index is 12.0. The Hall–Kier alpha value is -2.79. The van der Waals surface area contributed by atoms with Crippen molar-refractivity contribution in [1.29, 1.82) is 0 Å². The number of amides is 1. The molecule has 0 heterocycles. The molecule has 0 atom stereocenters. The van der Waals surface area contributed by atoms with Gasteiger partial charge in [0.2, 0.25) is 0 Å². The summed E-state index contributed by atoms with van der Waals surface area (Å²) in [4.78, 5) is 12.0. The van der Waals surface area contributed by atoms with Crippen LogP contribution in [0.25, 0.3) is 0 Å². The third-order valence-electron chi connectivity index (χ3n) is 3.33. The standard InChI is InChI=1S/C19H19ClN2O3/c1-3-5-15-10-13(11-17(18(15)23)25-4-2)12-21-22-19(24)14-6-8-16(20)9-7-14/h3,6-12,23H,1,4-5H2,2H3,(H,22,24)/b21-12-. The third kappa shape index (κ3) is 5.09. The quantitative estimate of drug-likeness (QED) is 0.447. The van der Waals surface area contributed by atoms with Crippen LogP contribution < -0.4 is 10.2 Å². The monoisotopic (exact) mass is 358 g/mol. The van der Waals surface area contributed by atoms with E-state index in [-0.39, 0.29) is 11.7 Å². The number of nitrogens with zero attached hydrogens (tertiary/aromatic N) is 1. The molecule has 130 valence electrons. The van der Waals surface area contributed by atoms with Crippen LogP contribution in [0.5, 0.6) is 11.5 Å². The molecule has 0 aromatic heterocycles. The average Bonchev–Trinajstić information content (AvgIpc) is 2.59. The number of halogens is 1. The van der Waals surface area contributed by atoms with E-state index >= 15 is 0 Å². The maximum Gasteiger partial charge on any atom is 0.271 e. The van der Waals surface area contributed by atoms with E-state index in [1.165, 1.54) is 6.21 Å². The molecule has 0 aliphatic heterocycles. The first kappa shape index (κ1) is 18.5. The molecule has 0 aliphatic carbocycles. The van der Waals surface area contributed by atoms with Gasteiger partial charge in [-0.15, -0.1) is 6.58 Å². The molecule has 2 N–H and O–H groups in total. The number of rotatable bonds is 7. The fraction of sp³-hybridized carbons (Fsp3) is 0.158. The van der Waals surface area contributed by atoms with E-state index in [1.54, 1.807) is 42.5 Å². The lowest BCUT2D eigenvalue weighted by atomic mass is 10.1. The minimum Gasteiger partial charge on any atom is -0.504 e. The first-order chi connectivity index (χ1) is 12.0. The van der Waals surface area contributed by atoms with Crippen LogP contribution in [-0.4, -0.2) is 23.8 Å². The average molecular weight is 359 g/mol. The molecule has 0 bridgehead atoms. The van der Waals surface area contributed by atoms with E-state index in [9.17, 15) is 9.90 Å². The molecule has 0 radical (unpaired) electrons. The van der Waals surface area contributed by atoms with E-state index in [0.29, 0.717) is 40.5 Å². The number of carbonyl (C=O) groups excluding carboxylic acids is 1. The smallest absolute Gasteiger partial charge is 0.271 e. The van der Waals surface area contributed by atoms with Gasteiger partial charge in [-0.1, -0.05) is 17.7 Å². The molecule has 0 fully saturated rings. The van der Waals surface area contributed by atoms with E-state index in [4.69, 9.17) is 16.3 Å². The van der Waals surface area contributed by atoms with Gasteiger partial charge in [0, 0.05) is 16.1 Å². The van der Waals surface area contributed by atoms with Crippen LogP contribution in [0.3, 0.4) is 0 Å². The number of benzene rings is 2. The van der Waals surface area contributed by atoms with E-state index in [1.807, 2.05) is 6.92 Å². The van der Waals surface area contributed by atoms with Crippen LogP contribution in [0.1, 0.15) is 28.4 Å². The van der Waals surface area contributed by atoms with Crippen LogP contribution >= 0.6 is 11.6 Å². The second-order valence-corrected chi connectivity index (χ2v) is 5.60. The van der Waals surface area contributed by atoms with Crippen LogP contribution in [-0.2, 0) is 6.42 Å². The number of hydrogen-bond acceptors (Lipinski definition) is 4. The van der Waals surface area contributed by atoms with Crippen molar-refractivity contribution in [2.75, 3.05) is 6.61 Å². The van der Waals surface area contributed by atoms with Crippen molar-refractivity contribution in [1.82, 2.24) is 5.43 Å². The van der Waals surface area contributed by atoms with Crippen molar-refractivity contribution in [2.45, 2.75) is 13.3 Å². The summed E-state index contributed by atoms with van der Waals surface area (Å²) in [6.45, 7) is 5.93. The number of ether oxygens (including phenoxy) is 1. The Morgan fingerprint density at radius 1 is 1.36 bits per heavy atom. The minimum atomic E-state index is -0.344. The van der Waals surface area contributed by atoms with Gasteiger partial charge >= 0.3 is 0 Å². The molecular formula is C19H19ClN2O3. The van der Waals surface area contributed by atoms with Gasteiger partial charge in [-0.3, -0.25) is 4.79 Å². The van der Waals surface area contributed by atoms with Gasteiger partial charge in [0.05, 0.1) is 12.8 Å². The third-order valence-corrected chi connectivity index (χ3v) is 3.58. The number of hydrazone groups is 1. The number of phenolic OH excluding ortho intramolecular Hbond substituents is 1. The number of aromatic hydroxyl groups is 1. The summed E-state index contributed by atoms with van der Waals surface area (Å²) in [5, 5.41) is 14.7. The molecular weight excluding hydrogens is 340 g/mol. The maximum atomic E-state index is 12.0. The summed E-state index contributed by atoms with van der Waals surface area (Å²) < 4.78 is 5.43. The lowest BCUT2D eigenvalue weighted by Crippen LogP contribution is -2.17. The van der Waals surface area contributed by atoms with Crippen molar-refractivity contribution >= 4 is 23.7 Å². The van der Waals surface area contributed by atoms with Crippen molar-refractivity contribution in [3.63, 3.8) is 0 Å². The molecule has 1 amide bonds. The van der Waals surface area contributed by atoms with E-state index < -0.39 is 0 Å². The molecule has 0 saturated heterocycles. The highest BCUT2D eigenvalue weighted by molar-refractivity contribution is 6.30. The summed E-state index contributed by atoms with van der Waals surface area (Å²) in [6.07, 6.45) is 3.67. The largest absolute Gasteiger partial charge is 0.504 e. The summed E-state index contributed by atoms with van der Waals surface area (Å²) >= 11 is 5.79. The highest BCUT2D eigenvalue weighted by Gasteiger charge is 2.10. The molecule has 0 spiro atoms. The number of allylic oxidation sites excluding steroid dienone is 1.